The van der Waals surface area contributed by atoms with E-state index in [1.54, 1.807) is 0 Å². The third-order valence-corrected chi connectivity index (χ3v) is 12.7. The predicted molar refractivity (Wildman–Crippen MR) is 242 cm³/mol. The molecule has 12 aromatic rings. The molecule has 0 fully saturated rings. The number of hydrogen-bond donors (Lipinski definition) is 0. The quantitative estimate of drug-likeness (QED) is 0.172. The van der Waals surface area contributed by atoms with Crippen molar-refractivity contribution in [1.82, 2.24) is 14.1 Å². The van der Waals surface area contributed by atoms with Crippen molar-refractivity contribution < 1.29 is 0 Å². The van der Waals surface area contributed by atoms with Crippen LogP contribution in [0.15, 0.2) is 200 Å². The molecule has 8 aromatic carbocycles. The topological polar surface area (TPSA) is 22.8 Å². The molecule has 266 valence electrons. The van der Waals surface area contributed by atoms with Gasteiger partial charge in [-0.25, -0.2) is 4.98 Å². The van der Waals surface area contributed by atoms with E-state index in [1.807, 2.05) is 11.3 Å². The van der Waals surface area contributed by atoms with Crippen LogP contribution in [0, 0.1) is 0 Å². The van der Waals surface area contributed by atoms with E-state index in [1.165, 1.54) is 63.8 Å². The Bertz CT molecular complexity index is 3430. The minimum absolute atomic E-state index is 0.961. The predicted octanol–water partition coefficient (Wildman–Crippen LogP) is 14.6. The Kier molecular flexibility index (Phi) is 7.10. The van der Waals surface area contributed by atoms with Crippen molar-refractivity contribution in [3.63, 3.8) is 0 Å². The number of fused-ring (bicyclic) bond motifs is 12. The summed E-state index contributed by atoms with van der Waals surface area (Å²) < 4.78 is 7.62. The molecule has 4 aromatic heterocycles. The molecule has 4 heteroatoms. The highest BCUT2D eigenvalue weighted by Crippen LogP contribution is 2.51. The smallest absolute Gasteiger partial charge is 0.0741 e. The van der Waals surface area contributed by atoms with Crippen molar-refractivity contribution in [2.45, 2.75) is 0 Å². The van der Waals surface area contributed by atoms with Crippen molar-refractivity contribution >= 4 is 75.1 Å². The van der Waals surface area contributed by atoms with Gasteiger partial charge in [-0.3, -0.25) is 0 Å². The van der Waals surface area contributed by atoms with E-state index in [0.29, 0.717) is 0 Å². The molecule has 0 aliphatic carbocycles. The first-order valence-corrected chi connectivity index (χ1v) is 20.2. The summed E-state index contributed by atoms with van der Waals surface area (Å²) in [5, 5.41) is 7.72. The molecule has 57 heavy (non-hydrogen) atoms. The molecular formula is C53H33N3S. The summed E-state index contributed by atoms with van der Waals surface area (Å²) in [4.78, 5) is 5.14. The molecule has 0 N–H and O–H groups in total. The van der Waals surface area contributed by atoms with E-state index in [9.17, 15) is 0 Å². The minimum Gasteiger partial charge on any atom is -0.309 e. The first-order chi connectivity index (χ1) is 28.3. The maximum atomic E-state index is 5.14. The SMILES string of the molecule is c1ccc(-c2cc(-c3ccc(-n4c5ccccc5c5c6c7ccccc7sc6c6c(c7ccccc7n6-c6ccccc6)c54)cc3)cc(-c3ccccc3)n2)cc1. The number of pyridine rings is 1. The van der Waals surface area contributed by atoms with Gasteiger partial charge in [0.1, 0.15) is 0 Å². The zero-order valence-corrected chi connectivity index (χ0v) is 31.6. The summed E-state index contributed by atoms with van der Waals surface area (Å²) in [6, 6.07) is 72.2. The van der Waals surface area contributed by atoms with Crippen LogP contribution in [0.25, 0.3) is 109 Å². The Labute approximate surface area is 333 Å². The highest BCUT2D eigenvalue weighted by Gasteiger charge is 2.26. The van der Waals surface area contributed by atoms with Gasteiger partial charge in [0.15, 0.2) is 0 Å². The van der Waals surface area contributed by atoms with Crippen LogP contribution in [-0.2, 0) is 0 Å². The lowest BCUT2D eigenvalue weighted by molar-refractivity contribution is 1.18. The fourth-order valence-corrected chi connectivity index (χ4v) is 10.3. The highest BCUT2D eigenvalue weighted by molar-refractivity contribution is 7.27. The molecule has 0 bridgehead atoms. The third kappa shape index (κ3) is 4.88. The molecule has 0 aliphatic rings. The first kappa shape index (κ1) is 32.0. The van der Waals surface area contributed by atoms with Crippen molar-refractivity contribution in [2.75, 3.05) is 0 Å². The van der Waals surface area contributed by atoms with Crippen LogP contribution in [0.2, 0.25) is 0 Å². The van der Waals surface area contributed by atoms with Gasteiger partial charge in [0.05, 0.1) is 38.2 Å². The zero-order valence-electron chi connectivity index (χ0n) is 30.8. The largest absolute Gasteiger partial charge is 0.309 e. The Morgan fingerprint density at radius 3 is 1.47 bits per heavy atom. The lowest BCUT2D eigenvalue weighted by Gasteiger charge is -2.13. The number of hydrogen-bond acceptors (Lipinski definition) is 2. The van der Waals surface area contributed by atoms with E-state index in [0.717, 1.165) is 45.0 Å². The van der Waals surface area contributed by atoms with Crippen LogP contribution in [0.5, 0.6) is 0 Å². The van der Waals surface area contributed by atoms with Gasteiger partial charge >= 0.3 is 0 Å². The van der Waals surface area contributed by atoms with E-state index >= 15 is 0 Å². The van der Waals surface area contributed by atoms with Crippen molar-refractivity contribution in [2.24, 2.45) is 0 Å². The van der Waals surface area contributed by atoms with Gasteiger partial charge in [0.2, 0.25) is 0 Å². The minimum atomic E-state index is 0.961. The zero-order chi connectivity index (χ0) is 37.5. The molecule has 0 amide bonds. The van der Waals surface area contributed by atoms with Gasteiger partial charge in [-0.05, 0) is 65.7 Å². The van der Waals surface area contributed by atoms with Gasteiger partial charge in [-0.1, -0.05) is 146 Å². The van der Waals surface area contributed by atoms with E-state index in [2.05, 4.69) is 209 Å². The lowest BCUT2D eigenvalue weighted by Crippen LogP contribution is -1.96. The Balaban J connectivity index is 1.17. The van der Waals surface area contributed by atoms with Gasteiger partial charge in [-0.15, -0.1) is 11.3 Å². The van der Waals surface area contributed by atoms with Crippen LogP contribution in [-0.4, -0.2) is 14.1 Å². The number of para-hydroxylation sites is 3. The van der Waals surface area contributed by atoms with Crippen LogP contribution in [0.4, 0.5) is 0 Å². The van der Waals surface area contributed by atoms with Crippen molar-refractivity contribution in [3.05, 3.63) is 200 Å². The van der Waals surface area contributed by atoms with Crippen LogP contribution < -0.4 is 0 Å². The van der Waals surface area contributed by atoms with Crippen LogP contribution in [0.1, 0.15) is 0 Å². The van der Waals surface area contributed by atoms with Crippen molar-refractivity contribution in [1.29, 1.82) is 0 Å². The fourth-order valence-electron chi connectivity index (χ4n) is 9.01. The number of aromatic nitrogens is 3. The van der Waals surface area contributed by atoms with Gasteiger partial charge in [0.25, 0.3) is 0 Å². The Hall–Kier alpha value is -7.27. The number of benzene rings is 8. The summed E-state index contributed by atoms with van der Waals surface area (Å²) >= 11 is 1.91. The molecule has 4 heterocycles. The van der Waals surface area contributed by atoms with Crippen LogP contribution in [0.3, 0.4) is 0 Å². The van der Waals surface area contributed by atoms with E-state index in [-0.39, 0.29) is 0 Å². The molecule has 3 nitrogen and oxygen atoms in total. The van der Waals surface area contributed by atoms with Crippen molar-refractivity contribution in [3.8, 4) is 45.0 Å². The van der Waals surface area contributed by atoms with E-state index < -0.39 is 0 Å². The Morgan fingerprint density at radius 2 is 0.842 bits per heavy atom. The maximum Gasteiger partial charge on any atom is 0.0741 e. The third-order valence-electron chi connectivity index (χ3n) is 11.5. The Morgan fingerprint density at radius 1 is 0.351 bits per heavy atom. The standard InChI is InChI=1S/C53H33N3S/c1-4-16-35(17-5-1)43-32-37(33-44(54-43)36-18-6-2-7-19-36)34-28-30-39(31-29-34)55-45-25-13-10-22-40(45)48-49-42-24-12-15-27-47(42)57-53(49)52-50(51(48)55)41-23-11-14-26-46(41)56(52)38-20-8-3-9-21-38/h1-33H. The molecular weight excluding hydrogens is 711 g/mol. The normalized spacial score (nSPS) is 11.9. The summed E-state index contributed by atoms with van der Waals surface area (Å²) in [6.45, 7) is 0. The molecule has 0 atom stereocenters. The van der Waals surface area contributed by atoms with Crippen LogP contribution >= 0.6 is 11.3 Å². The van der Waals surface area contributed by atoms with E-state index in [4.69, 9.17) is 4.98 Å². The second-order valence-electron chi connectivity index (χ2n) is 14.7. The monoisotopic (exact) mass is 743 g/mol. The molecule has 0 spiro atoms. The summed E-state index contributed by atoms with van der Waals surface area (Å²) in [5.74, 6) is 0. The average Bonchev–Trinajstić information content (AvgIpc) is 3.95. The number of rotatable bonds is 5. The number of nitrogens with zero attached hydrogens (tertiary/aromatic N) is 3. The first-order valence-electron chi connectivity index (χ1n) is 19.4. The van der Waals surface area contributed by atoms with Gasteiger partial charge in [-0.2, -0.15) is 0 Å². The fraction of sp³-hybridized carbons (Fsp3) is 0. The molecule has 0 saturated heterocycles. The average molecular weight is 744 g/mol. The lowest BCUT2D eigenvalue weighted by atomic mass is 9.99. The molecule has 0 unspecified atom stereocenters. The maximum absolute atomic E-state index is 5.14. The van der Waals surface area contributed by atoms with Gasteiger partial charge < -0.3 is 9.13 Å². The summed E-state index contributed by atoms with van der Waals surface area (Å²) in [5.41, 5.74) is 13.6. The molecule has 0 aliphatic heterocycles. The van der Waals surface area contributed by atoms with Gasteiger partial charge in [0, 0.05) is 59.5 Å². The molecule has 0 radical (unpaired) electrons. The molecule has 0 saturated carbocycles. The summed E-state index contributed by atoms with van der Waals surface area (Å²) in [7, 11) is 0. The highest BCUT2D eigenvalue weighted by atomic mass is 32.1. The molecule has 12 rings (SSSR count). The second kappa shape index (κ2) is 12.6. The second-order valence-corrected chi connectivity index (χ2v) is 15.7. The number of thiophene rings is 1. The summed E-state index contributed by atoms with van der Waals surface area (Å²) in [6.07, 6.45) is 0.